The molecule has 0 N–H and O–H groups in total. The van der Waals surface area contributed by atoms with Gasteiger partial charge in [0.1, 0.15) is 0 Å². The highest BCUT2D eigenvalue weighted by atomic mass is 14.6. The zero-order valence-electron chi connectivity index (χ0n) is 77.7. The summed E-state index contributed by atoms with van der Waals surface area (Å²) < 4.78 is 0. The Balaban J connectivity index is 0.610. The topological polar surface area (TPSA) is 0 Å². The van der Waals surface area contributed by atoms with E-state index in [2.05, 4.69) is 13.8 Å². The molecule has 0 nitrogen and oxygen atoms in total. The molecule has 19 rings (SSSR count). The van der Waals surface area contributed by atoms with Gasteiger partial charge in [-0.15, -0.1) is 0 Å². The van der Waals surface area contributed by atoms with E-state index in [1.54, 1.807) is 475 Å². The van der Waals surface area contributed by atoms with Crippen LogP contribution in [-0.4, -0.2) is 0 Å². The van der Waals surface area contributed by atoms with Gasteiger partial charge in [-0.25, -0.2) is 0 Å². The Labute approximate surface area is 722 Å². The molecule has 29 atom stereocenters. The Hall–Kier alpha value is 0. The third-order valence-electron chi connectivity index (χ3n) is 45.4. The van der Waals surface area contributed by atoms with Crippen LogP contribution in [-0.2, 0) is 0 Å². The molecule has 0 saturated heterocycles. The molecule has 116 heavy (non-hydrogen) atoms. The van der Waals surface area contributed by atoms with Crippen LogP contribution in [0.5, 0.6) is 0 Å². The average Bonchev–Trinajstić information content (AvgIpc) is 0.771. The van der Waals surface area contributed by atoms with Crippen molar-refractivity contribution in [2.75, 3.05) is 0 Å². The van der Waals surface area contributed by atoms with Crippen molar-refractivity contribution < 1.29 is 0 Å². The van der Waals surface area contributed by atoms with Gasteiger partial charge in [0.15, 0.2) is 0 Å². The Morgan fingerprint density at radius 3 is 0.328 bits per heavy atom. The van der Waals surface area contributed by atoms with E-state index < -0.39 is 0 Å². The van der Waals surface area contributed by atoms with Crippen LogP contribution in [0.2, 0.25) is 0 Å². The van der Waals surface area contributed by atoms with Gasteiger partial charge in [0, 0.05) is 0 Å². The molecule has 29 unspecified atom stereocenters. The maximum absolute atomic E-state index is 2.76. The standard InChI is InChI=1S/C116H196/c1-79-31-30-50-90(51-79)101-55-93(82-34-14-4-15-35-82)57-103(71-101)105-59-95(84-38-18-6-19-39-84)61-107(73-105)109-63-97(86-42-22-8-23-43-86)65-111(75-109)113-67-99(88-46-26-10-27-47-88)69-115(77-113)116-70-100(89-48-28-11-29-49-89)68-114(78-116)112-66-98(87-44-24-9-25-45-87)64-110(76-112)108-62-96(85-40-20-7-21-41-85)60-106(74-108)104-58-94(83-36-16-5-17-37-83)56-102(72-104)92-53-80(2)52-91(54-92)81-32-12-3-13-33-81/h79-116H,3-78H2,1-2H3. The minimum Gasteiger partial charge on any atom is -0.0625 e. The van der Waals surface area contributed by atoms with Gasteiger partial charge in [-0.1, -0.05) is 322 Å². The predicted octanol–water partition coefficient (Wildman–Crippen LogP) is 35.3. The fourth-order valence-electron chi connectivity index (χ4n) is 39.7. The Bertz CT molecular complexity index is 2820. The molecular formula is C116H196. The summed E-state index contributed by atoms with van der Waals surface area (Å²) in [6.07, 6.45) is 123. The second-order valence-electron chi connectivity index (χ2n) is 51.8. The second-order valence-corrected chi connectivity index (χ2v) is 51.8. The van der Waals surface area contributed by atoms with Crippen LogP contribution in [0.15, 0.2) is 0 Å². The van der Waals surface area contributed by atoms with E-state index in [4.69, 9.17) is 0 Å². The lowest BCUT2D eigenvalue weighted by molar-refractivity contribution is -0.0383. The fourth-order valence-corrected chi connectivity index (χ4v) is 39.7. The SMILES string of the molecule is CC1CCCC(C2CC(C3CCCCC3)CC(C3CC(C4CCCCC4)CC(C4CC(C5CCCCC5)CC(C5CC(C6CCCCC6)CC(C6CC(C7CCCCC7)CC(C7CC(C8CCCCC8)CC(C8CC(C9CCCCC9)CC(C9CC(C%10CCCCC%10)CC(C%10CC(C)CC(C%11CCCCC%11)C%10)C9)C8)C7)C6)C5)C4)C3)C2)C1. The first kappa shape index (κ1) is 85.4. The monoisotopic (exact) mass is 1590 g/mol. The van der Waals surface area contributed by atoms with E-state index in [1.165, 1.54) is 12.8 Å². The molecule has 0 aromatic heterocycles. The molecule has 19 saturated carbocycles. The lowest BCUT2D eigenvalue weighted by atomic mass is 9.51. The Morgan fingerprint density at radius 1 is 0.0776 bits per heavy atom. The number of rotatable bonds is 18. The molecule has 0 bridgehead atoms. The highest BCUT2D eigenvalue weighted by Gasteiger charge is 2.54. The van der Waals surface area contributed by atoms with Gasteiger partial charge in [-0.05, 0) is 405 Å². The van der Waals surface area contributed by atoms with Crippen molar-refractivity contribution in [1.82, 2.24) is 0 Å². The summed E-state index contributed by atoms with van der Waals surface area (Å²) >= 11 is 0. The molecule has 0 aliphatic heterocycles. The van der Waals surface area contributed by atoms with Gasteiger partial charge in [-0.3, -0.25) is 0 Å². The van der Waals surface area contributed by atoms with Gasteiger partial charge < -0.3 is 0 Å². The molecular weight excluding hydrogens is 1390 g/mol. The van der Waals surface area contributed by atoms with Crippen LogP contribution < -0.4 is 0 Å². The molecule has 0 radical (unpaired) electrons. The molecule has 19 fully saturated rings. The fraction of sp³-hybridized carbons (Fsp3) is 1.00. The van der Waals surface area contributed by atoms with Gasteiger partial charge in [0.25, 0.3) is 0 Å². The van der Waals surface area contributed by atoms with E-state index in [9.17, 15) is 0 Å². The molecule has 0 aromatic rings. The van der Waals surface area contributed by atoms with E-state index in [0.29, 0.717) is 0 Å². The minimum atomic E-state index is 0.982. The van der Waals surface area contributed by atoms with Crippen molar-refractivity contribution in [2.45, 2.75) is 502 Å². The molecule has 0 aromatic carbocycles. The molecule has 660 valence electrons. The Morgan fingerprint density at radius 2 is 0.181 bits per heavy atom. The average molecular weight is 1590 g/mol. The molecule has 19 aliphatic carbocycles. The van der Waals surface area contributed by atoms with Crippen LogP contribution in [0.25, 0.3) is 0 Å². The first-order valence-electron chi connectivity index (χ1n) is 57.2. The van der Waals surface area contributed by atoms with Crippen molar-refractivity contribution in [2.24, 2.45) is 225 Å². The summed E-state index contributed by atoms with van der Waals surface area (Å²) in [5.74, 6) is 40.3. The van der Waals surface area contributed by atoms with Crippen molar-refractivity contribution in [3.8, 4) is 0 Å². The quantitative estimate of drug-likeness (QED) is 0.128. The predicted molar refractivity (Wildman–Crippen MR) is 495 cm³/mol. The molecule has 0 spiro atoms. The van der Waals surface area contributed by atoms with E-state index >= 15 is 0 Å². The highest BCUT2D eigenvalue weighted by Crippen LogP contribution is 2.64. The van der Waals surface area contributed by atoms with Crippen molar-refractivity contribution in [1.29, 1.82) is 0 Å². The summed E-state index contributed by atoms with van der Waals surface area (Å²) in [6, 6.07) is 0. The maximum atomic E-state index is 2.76. The van der Waals surface area contributed by atoms with Crippen LogP contribution in [0, 0.1) is 225 Å². The second kappa shape index (κ2) is 41.4. The first-order chi connectivity index (χ1) is 57.2. The van der Waals surface area contributed by atoms with Crippen molar-refractivity contribution in [3.05, 3.63) is 0 Å². The summed E-state index contributed by atoms with van der Waals surface area (Å²) in [7, 11) is 0. The van der Waals surface area contributed by atoms with Crippen molar-refractivity contribution in [3.63, 3.8) is 0 Å². The lowest BCUT2D eigenvalue weighted by Gasteiger charge is -2.54. The van der Waals surface area contributed by atoms with Crippen LogP contribution in [0.4, 0.5) is 0 Å². The highest BCUT2D eigenvalue weighted by molar-refractivity contribution is 5.05. The molecule has 0 heterocycles. The summed E-state index contributed by atoms with van der Waals surface area (Å²) in [6.45, 7) is 5.44. The van der Waals surface area contributed by atoms with Gasteiger partial charge in [-0.2, -0.15) is 0 Å². The molecule has 0 heteroatoms. The minimum absolute atomic E-state index is 0.982. The molecule has 0 amide bonds. The number of hydrogen-bond acceptors (Lipinski definition) is 0. The van der Waals surface area contributed by atoms with Gasteiger partial charge >= 0.3 is 0 Å². The summed E-state index contributed by atoms with van der Waals surface area (Å²) in [5, 5.41) is 0. The van der Waals surface area contributed by atoms with E-state index in [1.807, 2.05) is 0 Å². The van der Waals surface area contributed by atoms with Gasteiger partial charge in [0.05, 0.1) is 0 Å². The first-order valence-corrected chi connectivity index (χ1v) is 57.2. The van der Waals surface area contributed by atoms with Crippen LogP contribution in [0.1, 0.15) is 502 Å². The van der Waals surface area contributed by atoms with Crippen LogP contribution >= 0.6 is 0 Å². The normalized spacial score (nSPS) is 47.0. The van der Waals surface area contributed by atoms with Crippen molar-refractivity contribution >= 4 is 0 Å². The lowest BCUT2D eigenvalue weighted by Crippen LogP contribution is -2.44. The van der Waals surface area contributed by atoms with E-state index in [0.717, 1.165) is 225 Å². The summed E-state index contributed by atoms with van der Waals surface area (Å²) in [4.78, 5) is 0. The van der Waals surface area contributed by atoms with Gasteiger partial charge in [0.2, 0.25) is 0 Å². The largest absolute Gasteiger partial charge is 0.0625 e. The smallest absolute Gasteiger partial charge is 0.0380 e. The summed E-state index contributed by atoms with van der Waals surface area (Å²) in [5.41, 5.74) is 0. The van der Waals surface area contributed by atoms with E-state index in [-0.39, 0.29) is 0 Å². The Kier molecular flexibility index (Phi) is 30.5. The maximum Gasteiger partial charge on any atom is -0.0380 e. The third-order valence-corrected chi connectivity index (χ3v) is 45.4. The zero-order chi connectivity index (χ0) is 77.7. The molecule has 19 aliphatic rings. The van der Waals surface area contributed by atoms with Crippen LogP contribution in [0.3, 0.4) is 0 Å². The number of hydrogen-bond donors (Lipinski definition) is 0. The third kappa shape index (κ3) is 21.2. The zero-order valence-corrected chi connectivity index (χ0v) is 77.7.